The second kappa shape index (κ2) is 10.4. The van der Waals surface area contributed by atoms with E-state index >= 15 is 0 Å². The molecule has 0 atom stereocenters. The zero-order chi connectivity index (χ0) is 25.8. The third-order valence-corrected chi connectivity index (χ3v) is 7.96. The molecule has 5 rings (SSSR count). The monoisotopic (exact) mass is 512 g/mol. The molecule has 5 aromatic rings. The maximum absolute atomic E-state index is 13.8. The van der Waals surface area contributed by atoms with Crippen molar-refractivity contribution in [3.63, 3.8) is 0 Å². The first-order valence-corrected chi connectivity index (χ1v) is 13.7. The Hall–Kier alpha value is -4.17. The Balaban J connectivity index is 1.54. The van der Waals surface area contributed by atoms with E-state index in [4.69, 9.17) is 4.74 Å². The quantitative estimate of drug-likeness (QED) is 0.250. The number of hydrogen-bond acceptors (Lipinski definition) is 5. The van der Waals surface area contributed by atoms with Crippen LogP contribution in [0, 0.1) is 0 Å². The predicted octanol–water partition coefficient (Wildman–Crippen LogP) is 5.78. The Labute approximate surface area is 217 Å². The molecule has 0 fully saturated rings. The first kappa shape index (κ1) is 24.5. The van der Waals surface area contributed by atoms with E-state index in [1.807, 2.05) is 60.0 Å². The summed E-state index contributed by atoms with van der Waals surface area (Å²) < 4.78 is 36.3. The molecule has 0 spiro atoms. The van der Waals surface area contributed by atoms with Crippen molar-refractivity contribution in [1.82, 2.24) is 14.5 Å². The zero-order valence-corrected chi connectivity index (χ0v) is 21.6. The average molecular weight is 513 g/mol. The van der Waals surface area contributed by atoms with Crippen LogP contribution in [0.5, 0.6) is 5.75 Å². The third kappa shape index (κ3) is 5.06. The van der Waals surface area contributed by atoms with Crippen LogP contribution in [0.25, 0.3) is 16.9 Å². The Morgan fingerprint density at radius 1 is 0.865 bits per heavy atom. The Morgan fingerprint density at radius 3 is 2.24 bits per heavy atom. The summed E-state index contributed by atoms with van der Waals surface area (Å²) in [6.45, 7) is 4.81. The number of aromatic nitrogens is 3. The van der Waals surface area contributed by atoms with Gasteiger partial charge >= 0.3 is 0 Å². The molecule has 0 unspecified atom stereocenters. The van der Waals surface area contributed by atoms with E-state index in [0.29, 0.717) is 23.5 Å². The predicted molar refractivity (Wildman–Crippen MR) is 146 cm³/mol. The zero-order valence-electron chi connectivity index (χ0n) is 20.8. The fourth-order valence-corrected chi connectivity index (χ4v) is 5.62. The summed E-state index contributed by atoms with van der Waals surface area (Å²) >= 11 is 0. The lowest BCUT2D eigenvalue weighted by molar-refractivity contribution is 0.340. The fraction of sp³-hybridized carbons (Fsp3) is 0.172. The van der Waals surface area contributed by atoms with Crippen molar-refractivity contribution < 1.29 is 13.2 Å². The molecule has 188 valence electrons. The van der Waals surface area contributed by atoms with E-state index < -0.39 is 10.0 Å². The number of benzene rings is 3. The van der Waals surface area contributed by atoms with Crippen LogP contribution in [-0.4, -0.2) is 29.6 Å². The summed E-state index contributed by atoms with van der Waals surface area (Å²) in [6, 6.07) is 25.9. The topological polar surface area (TPSA) is 77.3 Å². The molecular formula is C29H28N4O3S. The van der Waals surface area contributed by atoms with E-state index in [0.717, 1.165) is 23.4 Å². The first-order chi connectivity index (χ1) is 18.0. The van der Waals surface area contributed by atoms with Crippen LogP contribution >= 0.6 is 0 Å². The summed E-state index contributed by atoms with van der Waals surface area (Å²) in [5, 5.41) is 0. The molecule has 8 heteroatoms. The highest BCUT2D eigenvalue weighted by atomic mass is 32.2. The van der Waals surface area contributed by atoms with Crippen LogP contribution in [-0.2, 0) is 23.0 Å². The van der Waals surface area contributed by atoms with Gasteiger partial charge in [0.05, 0.1) is 29.9 Å². The van der Waals surface area contributed by atoms with Gasteiger partial charge in [-0.2, -0.15) is 0 Å². The highest BCUT2D eigenvalue weighted by molar-refractivity contribution is 7.92. The van der Waals surface area contributed by atoms with E-state index in [-0.39, 0.29) is 11.4 Å². The molecule has 2 aromatic heterocycles. The molecule has 0 aliphatic carbocycles. The van der Waals surface area contributed by atoms with Gasteiger partial charge in [0.2, 0.25) is 0 Å². The van der Waals surface area contributed by atoms with Gasteiger partial charge < -0.3 is 4.74 Å². The average Bonchev–Trinajstić information content (AvgIpc) is 3.36. The fourth-order valence-electron chi connectivity index (χ4n) is 4.17. The molecule has 37 heavy (non-hydrogen) atoms. The maximum atomic E-state index is 13.8. The van der Waals surface area contributed by atoms with Crippen molar-refractivity contribution >= 4 is 26.9 Å². The molecular weight excluding hydrogens is 484 g/mol. The van der Waals surface area contributed by atoms with Gasteiger partial charge in [-0.1, -0.05) is 49.4 Å². The number of imidazole rings is 1. The second-order valence-electron chi connectivity index (χ2n) is 8.57. The smallest absolute Gasteiger partial charge is 0.264 e. The van der Waals surface area contributed by atoms with Gasteiger partial charge in [-0.05, 0) is 66.9 Å². The number of hydrogen-bond donors (Lipinski definition) is 0. The highest BCUT2D eigenvalue weighted by Gasteiger charge is 2.26. The number of fused-ring (bicyclic) bond motifs is 1. The molecule has 0 aliphatic rings. The lowest BCUT2D eigenvalue weighted by Crippen LogP contribution is -2.30. The molecule has 0 aliphatic heterocycles. The second-order valence-corrected chi connectivity index (χ2v) is 10.4. The molecule has 3 aromatic carbocycles. The lowest BCUT2D eigenvalue weighted by Gasteiger charge is -2.24. The largest absolute Gasteiger partial charge is 0.494 e. The Bertz CT molecular complexity index is 1600. The number of ether oxygens (including phenoxy) is 1. The number of pyridine rings is 1. The van der Waals surface area contributed by atoms with Crippen molar-refractivity contribution in [2.24, 2.45) is 0 Å². The van der Waals surface area contributed by atoms with Crippen molar-refractivity contribution in [1.29, 1.82) is 0 Å². The molecule has 0 radical (unpaired) electrons. The van der Waals surface area contributed by atoms with Crippen LogP contribution in [0.2, 0.25) is 0 Å². The summed E-state index contributed by atoms with van der Waals surface area (Å²) in [7, 11) is -3.85. The minimum atomic E-state index is -3.85. The number of sulfonamides is 1. The van der Waals surface area contributed by atoms with Crippen LogP contribution in [0.3, 0.4) is 0 Å². The molecule has 0 saturated heterocycles. The van der Waals surface area contributed by atoms with Crippen molar-refractivity contribution in [2.75, 3.05) is 10.9 Å². The summed E-state index contributed by atoms with van der Waals surface area (Å²) in [5.41, 5.74) is 4.66. The molecule has 7 nitrogen and oxygen atoms in total. The number of rotatable bonds is 9. The SMILES string of the molecule is CCOc1ccc(-n2cnc3cc(N(Cc4ccc(CC)cc4)S(=O)(=O)c4ccccc4)cnc32)cc1. The van der Waals surface area contributed by atoms with Crippen molar-refractivity contribution in [3.8, 4) is 11.4 Å². The van der Waals surface area contributed by atoms with Gasteiger partial charge in [0.15, 0.2) is 5.65 Å². The summed E-state index contributed by atoms with van der Waals surface area (Å²) in [6.07, 6.45) is 4.20. The Kier molecular flexibility index (Phi) is 6.92. The van der Waals surface area contributed by atoms with Gasteiger partial charge in [0.25, 0.3) is 10.0 Å². The molecule has 0 saturated carbocycles. The normalized spacial score (nSPS) is 11.5. The van der Waals surface area contributed by atoms with Gasteiger partial charge in [-0.25, -0.2) is 18.4 Å². The van der Waals surface area contributed by atoms with Crippen molar-refractivity contribution in [2.45, 2.75) is 31.7 Å². The van der Waals surface area contributed by atoms with Crippen LogP contribution in [0.1, 0.15) is 25.0 Å². The van der Waals surface area contributed by atoms with E-state index in [9.17, 15) is 8.42 Å². The summed E-state index contributed by atoms with van der Waals surface area (Å²) in [4.78, 5) is 9.39. The maximum Gasteiger partial charge on any atom is 0.264 e. The lowest BCUT2D eigenvalue weighted by atomic mass is 10.1. The standard InChI is InChI=1S/C29H28N4O3S/c1-3-22-10-12-23(13-11-22)20-33(37(34,35)27-8-6-5-7-9-27)25-18-28-29(30-19-25)32(21-31-28)24-14-16-26(17-15-24)36-4-2/h5-19,21H,3-4,20H2,1-2H3. The first-order valence-electron chi connectivity index (χ1n) is 12.2. The van der Waals surface area contributed by atoms with E-state index in [1.54, 1.807) is 48.9 Å². The minimum absolute atomic E-state index is 0.175. The van der Waals surface area contributed by atoms with Crippen LogP contribution in [0.4, 0.5) is 5.69 Å². The van der Waals surface area contributed by atoms with Crippen LogP contribution < -0.4 is 9.04 Å². The summed E-state index contributed by atoms with van der Waals surface area (Å²) in [5.74, 6) is 0.791. The number of anilines is 1. The van der Waals surface area contributed by atoms with Crippen LogP contribution in [0.15, 0.2) is 102 Å². The minimum Gasteiger partial charge on any atom is -0.494 e. The molecule has 0 bridgehead atoms. The van der Waals surface area contributed by atoms with E-state index in [2.05, 4.69) is 16.9 Å². The molecule has 0 N–H and O–H groups in total. The van der Waals surface area contributed by atoms with Gasteiger partial charge in [-0.3, -0.25) is 8.87 Å². The Morgan fingerprint density at radius 2 is 1.57 bits per heavy atom. The molecule has 0 amide bonds. The highest BCUT2D eigenvalue weighted by Crippen LogP contribution is 2.29. The number of nitrogens with zero attached hydrogens (tertiary/aromatic N) is 4. The third-order valence-electron chi connectivity index (χ3n) is 6.18. The van der Waals surface area contributed by atoms with Gasteiger partial charge in [0.1, 0.15) is 17.6 Å². The van der Waals surface area contributed by atoms with Crippen molar-refractivity contribution in [3.05, 3.63) is 109 Å². The molecule has 2 heterocycles. The van der Waals surface area contributed by atoms with Gasteiger partial charge in [-0.15, -0.1) is 0 Å². The van der Waals surface area contributed by atoms with E-state index in [1.165, 1.54) is 9.87 Å². The number of aryl methyl sites for hydroxylation is 1. The van der Waals surface area contributed by atoms with Gasteiger partial charge in [0, 0.05) is 5.69 Å².